The summed E-state index contributed by atoms with van der Waals surface area (Å²) in [7, 11) is 1.64. The lowest BCUT2D eigenvalue weighted by Gasteiger charge is -2.14. The highest BCUT2D eigenvalue weighted by molar-refractivity contribution is 9.10. The Bertz CT molecular complexity index is 838. The summed E-state index contributed by atoms with van der Waals surface area (Å²) in [4.78, 5) is 8.32. The molecule has 7 nitrogen and oxygen atoms in total. The van der Waals surface area contributed by atoms with Gasteiger partial charge in [-0.05, 0) is 52.2 Å². The Balaban J connectivity index is 1.60. The van der Waals surface area contributed by atoms with Crippen LogP contribution in [0.4, 0.5) is 0 Å². The number of methoxy groups -OCH3 is 1. The Labute approximate surface area is 160 Å². The number of aromatic nitrogens is 4. The van der Waals surface area contributed by atoms with Crippen LogP contribution >= 0.6 is 15.9 Å². The van der Waals surface area contributed by atoms with Crippen molar-refractivity contribution in [2.24, 2.45) is 0 Å². The molecule has 0 aliphatic carbocycles. The molecule has 136 valence electrons. The first-order valence-electron chi connectivity index (χ1n) is 8.21. The smallest absolute Gasteiger partial charge is 0.175 e. The number of pyridine rings is 1. The fraction of sp³-hybridized carbons (Fsp3) is 0.278. The molecule has 0 atom stereocenters. The molecule has 0 unspecified atom stereocenters. The molecule has 0 aliphatic rings. The second-order valence-electron chi connectivity index (χ2n) is 5.51. The van der Waals surface area contributed by atoms with Crippen LogP contribution in [-0.4, -0.2) is 33.5 Å². The van der Waals surface area contributed by atoms with Crippen LogP contribution in [0.3, 0.4) is 0 Å². The number of hydrogen-bond donors (Lipinski definition) is 1. The molecule has 1 aromatic carbocycles. The number of benzene rings is 1. The second kappa shape index (κ2) is 8.77. The Morgan fingerprint density at radius 1 is 1.19 bits per heavy atom. The van der Waals surface area contributed by atoms with Gasteiger partial charge in [0.25, 0.3) is 0 Å². The van der Waals surface area contributed by atoms with E-state index in [0.717, 1.165) is 32.9 Å². The average molecular weight is 418 g/mol. The lowest BCUT2D eigenvalue weighted by Crippen LogP contribution is -2.13. The molecule has 0 spiro atoms. The Morgan fingerprint density at radius 3 is 2.69 bits per heavy atom. The summed E-state index contributed by atoms with van der Waals surface area (Å²) in [5.74, 6) is 2.19. The predicted molar refractivity (Wildman–Crippen MR) is 102 cm³/mol. The first-order valence-corrected chi connectivity index (χ1v) is 9.00. The van der Waals surface area contributed by atoms with Crippen LogP contribution < -0.4 is 14.8 Å². The van der Waals surface area contributed by atoms with Crippen LogP contribution in [0.15, 0.2) is 47.6 Å². The van der Waals surface area contributed by atoms with E-state index in [1.807, 2.05) is 37.4 Å². The maximum atomic E-state index is 5.62. The maximum absolute atomic E-state index is 5.62. The molecule has 0 bridgehead atoms. The Hall–Kier alpha value is -2.45. The van der Waals surface area contributed by atoms with Crippen molar-refractivity contribution in [2.45, 2.75) is 20.0 Å². The van der Waals surface area contributed by atoms with Crippen LogP contribution in [0.1, 0.15) is 18.1 Å². The lowest BCUT2D eigenvalue weighted by atomic mass is 10.2. The zero-order valence-electron chi connectivity index (χ0n) is 14.6. The van der Waals surface area contributed by atoms with Gasteiger partial charge in [-0.25, -0.2) is 14.6 Å². The van der Waals surface area contributed by atoms with Gasteiger partial charge >= 0.3 is 0 Å². The van der Waals surface area contributed by atoms with E-state index >= 15 is 0 Å². The third-order valence-electron chi connectivity index (χ3n) is 3.70. The summed E-state index contributed by atoms with van der Waals surface area (Å²) in [5, 5.41) is 7.47. The highest BCUT2D eigenvalue weighted by atomic mass is 79.9. The number of nitrogens with zero attached hydrogens (tertiary/aromatic N) is 4. The molecular formula is C18H20BrN5O2. The summed E-state index contributed by atoms with van der Waals surface area (Å²) in [6.45, 7) is 3.94. The molecular weight excluding hydrogens is 398 g/mol. The minimum Gasteiger partial charge on any atom is -0.493 e. The van der Waals surface area contributed by atoms with Gasteiger partial charge in [0.2, 0.25) is 0 Å². The molecule has 2 heterocycles. The molecule has 8 heteroatoms. The van der Waals surface area contributed by atoms with E-state index in [4.69, 9.17) is 9.47 Å². The number of rotatable bonds is 8. The van der Waals surface area contributed by atoms with E-state index < -0.39 is 0 Å². The maximum Gasteiger partial charge on any atom is 0.175 e. The minimum absolute atomic E-state index is 0.587. The second-order valence-corrected chi connectivity index (χ2v) is 6.36. The number of halogens is 1. The highest BCUT2D eigenvalue weighted by Crippen LogP contribution is 2.36. The molecule has 26 heavy (non-hydrogen) atoms. The molecule has 0 fully saturated rings. The van der Waals surface area contributed by atoms with Crippen molar-refractivity contribution >= 4 is 15.9 Å². The molecule has 3 rings (SSSR count). The topological polar surface area (TPSA) is 74.1 Å². The largest absolute Gasteiger partial charge is 0.493 e. The lowest BCUT2D eigenvalue weighted by molar-refractivity contribution is 0.308. The van der Waals surface area contributed by atoms with Crippen molar-refractivity contribution in [3.8, 4) is 17.3 Å². The standard InChI is InChI=1S/C18H20BrN5O2/c1-3-26-18-15(19)6-14(7-16(18)25-2)9-20-8-13-4-5-17(22-10-13)24-12-21-11-23-24/h4-7,10-12,20H,3,8-9H2,1-2H3. The van der Waals surface area contributed by atoms with Crippen molar-refractivity contribution in [3.63, 3.8) is 0 Å². The zero-order valence-corrected chi connectivity index (χ0v) is 16.2. The van der Waals surface area contributed by atoms with Gasteiger partial charge in [-0.3, -0.25) is 0 Å². The highest BCUT2D eigenvalue weighted by Gasteiger charge is 2.11. The van der Waals surface area contributed by atoms with E-state index in [-0.39, 0.29) is 0 Å². The molecule has 0 saturated heterocycles. The summed E-state index contributed by atoms with van der Waals surface area (Å²) < 4.78 is 13.6. The van der Waals surface area contributed by atoms with Gasteiger partial charge in [-0.2, -0.15) is 5.10 Å². The minimum atomic E-state index is 0.587. The van der Waals surface area contributed by atoms with Crippen molar-refractivity contribution in [3.05, 3.63) is 58.7 Å². The summed E-state index contributed by atoms with van der Waals surface area (Å²) >= 11 is 3.55. The SMILES string of the molecule is CCOc1c(Br)cc(CNCc2ccc(-n3cncn3)nc2)cc1OC. The van der Waals surface area contributed by atoms with E-state index in [1.54, 1.807) is 18.1 Å². The predicted octanol–water partition coefficient (Wildman–Crippen LogP) is 3.12. The fourth-order valence-electron chi connectivity index (χ4n) is 2.49. The summed E-state index contributed by atoms with van der Waals surface area (Å²) in [6.07, 6.45) is 4.94. The van der Waals surface area contributed by atoms with Crippen molar-refractivity contribution in [1.82, 2.24) is 25.1 Å². The Kier molecular flexibility index (Phi) is 6.19. The monoisotopic (exact) mass is 417 g/mol. The van der Waals surface area contributed by atoms with Gasteiger partial charge in [-0.1, -0.05) is 6.07 Å². The van der Waals surface area contributed by atoms with Crippen LogP contribution in [0.5, 0.6) is 11.5 Å². The third kappa shape index (κ3) is 4.39. The van der Waals surface area contributed by atoms with Gasteiger partial charge in [0.1, 0.15) is 12.7 Å². The van der Waals surface area contributed by atoms with Crippen molar-refractivity contribution in [1.29, 1.82) is 0 Å². The Morgan fingerprint density at radius 2 is 2.04 bits per heavy atom. The number of hydrogen-bond acceptors (Lipinski definition) is 6. The normalized spacial score (nSPS) is 10.7. The summed E-state index contributed by atoms with van der Waals surface area (Å²) in [5.41, 5.74) is 2.19. The third-order valence-corrected chi connectivity index (χ3v) is 4.29. The van der Waals surface area contributed by atoms with Crippen LogP contribution in [0.2, 0.25) is 0 Å². The van der Waals surface area contributed by atoms with E-state index in [0.29, 0.717) is 19.7 Å². The summed E-state index contributed by atoms with van der Waals surface area (Å²) in [6, 6.07) is 7.95. The average Bonchev–Trinajstić information content (AvgIpc) is 3.19. The van der Waals surface area contributed by atoms with Gasteiger partial charge in [0, 0.05) is 19.3 Å². The van der Waals surface area contributed by atoms with Gasteiger partial charge < -0.3 is 14.8 Å². The van der Waals surface area contributed by atoms with Crippen molar-refractivity contribution in [2.75, 3.05) is 13.7 Å². The quantitative estimate of drug-likeness (QED) is 0.606. The zero-order chi connectivity index (χ0) is 18.4. The molecule has 2 aromatic heterocycles. The molecule has 3 aromatic rings. The van der Waals surface area contributed by atoms with Gasteiger partial charge in [0.15, 0.2) is 17.3 Å². The van der Waals surface area contributed by atoms with Crippen molar-refractivity contribution < 1.29 is 9.47 Å². The van der Waals surface area contributed by atoms with E-state index in [1.165, 1.54) is 6.33 Å². The van der Waals surface area contributed by atoms with Crippen LogP contribution in [-0.2, 0) is 13.1 Å². The van der Waals surface area contributed by atoms with E-state index in [9.17, 15) is 0 Å². The van der Waals surface area contributed by atoms with Crippen LogP contribution in [0, 0.1) is 0 Å². The van der Waals surface area contributed by atoms with Gasteiger partial charge in [-0.15, -0.1) is 0 Å². The molecule has 0 aliphatic heterocycles. The molecule has 1 N–H and O–H groups in total. The van der Waals surface area contributed by atoms with Gasteiger partial charge in [0.05, 0.1) is 18.2 Å². The number of nitrogens with one attached hydrogen (secondary N) is 1. The number of ether oxygens (including phenoxy) is 2. The molecule has 0 saturated carbocycles. The molecule has 0 radical (unpaired) electrons. The first-order chi connectivity index (χ1) is 12.7. The fourth-order valence-corrected chi connectivity index (χ4v) is 3.10. The molecule has 0 amide bonds. The van der Waals surface area contributed by atoms with Crippen LogP contribution in [0.25, 0.3) is 5.82 Å². The van der Waals surface area contributed by atoms with E-state index in [2.05, 4.69) is 36.3 Å². The first kappa shape index (κ1) is 18.3.